The summed E-state index contributed by atoms with van der Waals surface area (Å²) >= 11 is 5.81. The van der Waals surface area contributed by atoms with Crippen molar-refractivity contribution in [2.24, 2.45) is 0 Å². The van der Waals surface area contributed by atoms with E-state index in [0.717, 1.165) is 25.0 Å². The summed E-state index contributed by atoms with van der Waals surface area (Å²) in [5.74, 6) is 0.490. The van der Waals surface area contributed by atoms with Crippen LogP contribution in [0.2, 0.25) is 0 Å². The monoisotopic (exact) mass is 281 g/mol. The zero-order chi connectivity index (χ0) is 13.7. The smallest absolute Gasteiger partial charge is 0.253 e. The summed E-state index contributed by atoms with van der Waals surface area (Å²) in [6.45, 7) is 4.20. The maximum atomic E-state index is 12.5. The number of hydrogen-bond acceptors (Lipinski definition) is 2. The molecule has 1 aromatic carbocycles. The molecule has 1 aliphatic heterocycles. The zero-order valence-electron chi connectivity index (χ0n) is 11.3. The maximum absolute atomic E-state index is 12.5. The molecule has 1 fully saturated rings. The van der Waals surface area contributed by atoms with Crippen molar-refractivity contribution >= 4 is 17.5 Å². The summed E-state index contributed by atoms with van der Waals surface area (Å²) in [5.41, 5.74) is 1.68. The molecule has 0 aliphatic carbocycles. The Morgan fingerprint density at radius 1 is 1.53 bits per heavy atom. The average Bonchev–Trinajstić information content (AvgIpc) is 2.97. The maximum Gasteiger partial charge on any atom is 0.253 e. The highest BCUT2D eigenvalue weighted by molar-refractivity contribution is 6.17. The van der Waals surface area contributed by atoms with Gasteiger partial charge in [-0.1, -0.05) is 12.1 Å². The second-order valence-corrected chi connectivity index (χ2v) is 5.08. The van der Waals surface area contributed by atoms with Crippen molar-refractivity contribution in [3.63, 3.8) is 0 Å². The molecule has 104 valence electrons. The molecular formula is C15H20ClNO2. The Labute approximate surface area is 119 Å². The van der Waals surface area contributed by atoms with Gasteiger partial charge in [0.25, 0.3) is 5.91 Å². The number of benzene rings is 1. The zero-order valence-corrected chi connectivity index (χ0v) is 12.0. The minimum absolute atomic E-state index is 0.0602. The van der Waals surface area contributed by atoms with Crippen molar-refractivity contribution < 1.29 is 9.53 Å². The number of ether oxygens (including phenoxy) is 1. The van der Waals surface area contributed by atoms with Gasteiger partial charge in [0.1, 0.15) is 0 Å². The third-order valence-electron chi connectivity index (χ3n) is 3.45. The molecule has 0 bridgehead atoms. The van der Waals surface area contributed by atoms with Crippen LogP contribution in [0.3, 0.4) is 0 Å². The summed E-state index contributed by atoms with van der Waals surface area (Å²) in [5, 5.41) is 0. The van der Waals surface area contributed by atoms with Gasteiger partial charge >= 0.3 is 0 Å². The molecule has 1 saturated heterocycles. The number of nitrogens with zero attached hydrogens (tertiary/aromatic N) is 1. The van der Waals surface area contributed by atoms with Gasteiger partial charge in [0.2, 0.25) is 0 Å². The number of carbonyl (C=O) groups excluding carboxylic acids is 1. The molecule has 1 aliphatic rings. The highest BCUT2D eigenvalue weighted by Gasteiger charge is 2.22. The van der Waals surface area contributed by atoms with Gasteiger partial charge in [-0.15, -0.1) is 11.6 Å². The molecule has 0 saturated carbocycles. The lowest BCUT2D eigenvalue weighted by molar-refractivity contribution is 0.0539. The molecule has 1 amide bonds. The summed E-state index contributed by atoms with van der Waals surface area (Å²) in [6, 6.07) is 7.52. The minimum atomic E-state index is 0.0602. The fourth-order valence-electron chi connectivity index (χ4n) is 2.36. The SMILES string of the molecule is CCN(CC1CCCO1)C(=O)c1cccc(CCl)c1. The van der Waals surface area contributed by atoms with E-state index < -0.39 is 0 Å². The Balaban J connectivity index is 2.06. The van der Waals surface area contributed by atoms with Crippen LogP contribution in [0, 0.1) is 0 Å². The fourth-order valence-corrected chi connectivity index (χ4v) is 2.53. The summed E-state index contributed by atoms with van der Waals surface area (Å²) in [6.07, 6.45) is 2.34. The van der Waals surface area contributed by atoms with Gasteiger partial charge in [0, 0.05) is 31.1 Å². The number of halogens is 1. The molecule has 0 radical (unpaired) electrons. The number of likely N-dealkylation sites (N-methyl/N-ethyl adjacent to an activating group) is 1. The predicted molar refractivity (Wildman–Crippen MR) is 76.6 cm³/mol. The molecule has 4 heteroatoms. The minimum Gasteiger partial charge on any atom is -0.376 e. The van der Waals surface area contributed by atoms with Crippen LogP contribution in [0.25, 0.3) is 0 Å². The molecule has 0 spiro atoms. The van der Waals surface area contributed by atoms with E-state index >= 15 is 0 Å². The van der Waals surface area contributed by atoms with E-state index in [9.17, 15) is 4.79 Å². The molecule has 0 N–H and O–H groups in total. The van der Waals surface area contributed by atoms with Gasteiger partial charge in [-0.25, -0.2) is 0 Å². The van der Waals surface area contributed by atoms with Crippen LogP contribution in [0.15, 0.2) is 24.3 Å². The van der Waals surface area contributed by atoms with Gasteiger partial charge in [0.05, 0.1) is 6.10 Å². The van der Waals surface area contributed by atoms with E-state index in [1.54, 1.807) is 0 Å². The lowest BCUT2D eigenvalue weighted by Gasteiger charge is -2.24. The third kappa shape index (κ3) is 3.71. The van der Waals surface area contributed by atoms with E-state index in [2.05, 4.69) is 0 Å². The Morgan fingerprint density at radius 3 is 3.00 bits per heavy atom. The predicted octanol–water partition coefficient (Wildman–Crippen LogP) is 3.07. The Kier molecular flexibility index (Phi) is 5.23. The largest absolute Gasteiger partial charge is 0.376 e. The molecule has 1 unspecified atom stereocenters. The Bertz CT molecular complexity index is 430. The van der Waals surface area contributed by atoms with Crippen LogP contribution in [0.4, 0.5) is 0 Å². The molecular weight excluding hydrogens is 262 g/mol. The Morgan fingerprint density at radius 2 is 2.37 bits per heavy atom. The second kappa shape index (κ2) is 6.92. The van der Waals surface area contributed by atoms with Crippen molar-refractivity contribution in [1.82, 2.24) is 4.90 Å². The van der Waals surface area contributed by atoms with Crippen LogP contribution in [0.5, 0.6) is 0 Å². The topological polar surface area (TPSA) is 29.5 Å². The lowest BCUT2D eigenvalue weighted by Crippen LogP contribution is -2.37. The molecule has 3 nitrogen and oxygen atoms in total. The van der Waals surface area contributed by atoms with Crippen LogP contribution >= 0.6 is 11.6 Å². The van der Waals surface area contributed by atoms with Gasteiger partial charge in [-0.3, -0.25) is 4.79 Å². The second-order valence-electron chi connectivity index (χ2n) is 4.81. The van der Waals surface area contributed by atoms with Crippen LogP contribution < -0.4 is 0 Å². The number of hydrogen-bond donors (Lipinski definition) is 0. The van der Waals surface area contributed by atoms with Gasteiger partial charge in [0.15, 0.2) is 0 Å². The molecule has 0 aromatic heterocycles. The van der Waals surface area contributed by atoms with Gasteiger partial charge in [-0.2, -0.15) is 0 Å². The van der Waals surface area contributed by atoms with Gasteiger partial charge < -0.3 is 9.64 Å². The van der Waals surface area contributed by atoms with Crippen molar-refractivity contribution in [1.29, 1.82) is 0 Å². The van der Waals surface area contributed by atoms with E-state index in [4.69, 9.17) is 16.3 Å². The van der Waals surface area contributed by atoms with E-state index in [1.807, 2.05) is 36.1 Å². The van der Waals surface area contributed by atoms with E-state index in [-0.39, 0.29) is 12.0 Å². The third-order valence-corrected chi connectivity index (χ3v) is 3.75. The summed E-state index contributed by atoms with van der Waals surface area (Å²) in [7, 11) is 0. The van der Waals surface area contributed by atoms with Crippen molar-refractivity contribution in [2.45, 2.75) is 31.7 Å². The van der Waals surface area contributed by atoms with Crippen LogP contribution in [-0.4, -0.2) is 36.6 Å². The number of carbonyl (C=O) groups is 1. The first-order valence-corrected chi connectivity index (χ1v) is 7.33. The lowest BCUT2D eigenvalue weighted by atomic mass is 10.1. The van der Waals surface area contributed by atoms with Crippen molar-refractivity contribution in [3.8, 4) is 0 Å². The first-order valence-electron chi connectivity index (χ1n) is 6.80. The number of rotatable bonds is 5. The van der Waals surface area contributed by atoms with Gasteiger partial charge in [-0.05, 0) is 37.5 Å². The van der Waals surface area contributed by atoms with Crippen LogP contribution in [-0.2, 0) is 10.6 Å². The summed E-state index contributed by atoms with van der Waals surface area (Å²) in [4.78, 5) is 14.3. The first-order chi connectivity index (χ1) is 9.24. The van der Waals surface area contributed by atoms with Crippen molar-refractivity contribution in [3.05, 3.63) is 35.4 Å². The van der Waals surface area contributed by atoms with Crippen molar-refractivity contribution in [2.75, 3.05) is 19.7 Å². The molecule has 2 rings (SSSR count). The fraction of sp³-hybridized carbons (Fsp3) is 0.533. The number of amides is 1. The molecule has 19 heavy (non-hydrogen) atoms. The Hall–Kier alpha value is -1.06. The summed E-state index contributed by atoms with van der Waals surface area (Å²) < 4.78 is 5.60. The standard InChI is InChI=1S/C15H20ClNO2/c1-2-17(11-14-7-4-8-19-14)15(18)13-6-3-5-12(9-13)10-16/h3,5-6,9,14H,2,4,7-8,10-11H2,1H3. The highest BCUT2D eigenvalue weighted by atomic mass is 35.5. The molecule has 1 heterocycles. The normalized spacial score (nSPS) is 18.5. The molecule has 1 aromatic rings. The van der Waals surface area contributed by atoms with Crippen LogP contribution in [0.1, 0.15) is 35.7 Å². The van der Waals surface area contributed by atoms with E-state index in [0.29, 0.717) is 24.5 Å². The first kappa shape index (κ1) is 14.4. The number of alkyl halides is 1. The average molecular weight is 282 g/mol. The molecule has 1 atom stereocenters. The highest BCUT2D eigenvalue weighted by Crippen LogP contribution is 2.16. The van der Waals surface area contributed by atoms with E-state index in [1.165, 1.54) is 0 Å². The quantitative estimate of drug-likeness (QED) is 0.777.